The van der Waals surface area contributed by atoms with E-state index >= 15 is 0 Å². The van der Waals surface area contributed by atoms with Gasteiger partial charge in [0.2, 0.25) is 0 Å². The van der Waals surface area contributed by atoms with Crippen LogP contribution in [0.2, 0.25) is 5.02 Å². The van der Waals surface area contributed by atoms with Crippen LogP contribution in [0.3, 0.4) is 0 Å². The summed E-state index contributed by atoms with van der Waals surface area (Å²) in [6, 6.07) is 4.86. The molecule has 0 saturated carbocycles. The summed E-state index contributed by atoms with van der Waals surface area (Å²) in [6.45, 7) is 0. The number of ketones is 1. The SMILES string of the molecule is COC(=O)CC1CC(=O)c2cc(Cl)ccc2O1. The number of rotatable bonds is 2. The number of fused-ring (bicyclic) bond motifs is 1. The van der Waals surface area contributed by atoms with E-state index in [1.54, 1.807) is 18.2 Å². The minimum absolute atomic E-state index is 0.0670. The fourth-order valence-corrected chi connectivity index (χ4v) is 1.92. The van der Waals surface area contributed by atoms with E-state index in [2.05, 4.69) is 4.74 Å². The van der Waals surface area contributed by atoms with Gasteiger partial charge in [0.05, 0.1) is 19.1 Å². The van der Waals surface area contributed by atoms with Crippen molar-refractivity contribution in [2.45, 2.75) is 18.9 Å². The van der Waals surface area contributed by atoms with E-state index in [-0.39, 0.29) is 24.6 Å². The van der Waals surface area contributed by atoms with Gasteiger partial charge in [-0.05, 0) is 18.2 Å². The van der Waals surface area contributed by atoms with Crippen LogP contribution in [0.4, 0.5) is 0 Å². The molecule has 0 N–H and O–H groups in total. The maximum atomic E-state index is 11.8. The average Bonchev–Trinajstić information content (AvgIpc) is 2.30. The Morgan fingerprint density at radius 3 is 3.06 bits per heavy atom. The first-order valence-electron chi connectivity index (χ1n) is 5.16. The molecule has 0 aliphatic carbocycles. The smallest absolute Gasteiger partial charge is 0.309 e. The molecule has 90 valence electrons. The van der Waals surface area contributed by atoms with Crippen molar-refractivity contribution in [3.8, 4) is 5.75 Å². The lowest BCUT2D eigenvalue weighted by molar-refractivity contribution is -0.142. The van der Waals surface area contributed by atoms with E-state index in [4.69, 9.17) is 16.3 Å². The summed E-state index contributed by atoms with van der Waals surface area (Å²) >= 11 is 5.80. The third-order valence-corrected chi connectivity index (χ3v) is 2.81. The first kappa shape index (κ1) is 11.9. The van der Waals surface area contributed by atoms with E-state index < -0.39 is 6.10 Å². The zero-order chi connectivity index (χ0) is 12.4. The van der Waals surface area contributed by atoms with Gasteiger partial charge in [0.15, 0.2) is 5.78 Å². The van der Waals surface area contributed by atoms with Crippen molar-refractivity contribution in [2.75, 3.05) is 7.11 Å². The molecule has 5 heteroatoms. The molecule has 2 rings (SSSR count). The molecule has 0 spiro atoms. The second kappa shape index (κ2) is 4.75. The highest BCUT2D eigenvalue weighted by atomic mass is 35.5. The van der Waals surface area contributed by atoms with Crippen LogP contribution < -0.4 is 4.74 Å². The van der Waals surface area contributed by atoms with Gasteiger partial charge in [-0.15, -0.1) is 0 Å². The van der Waals surface area contributed by atoms with Crippen molar-refractivity contribution in [1.29, 1.82) is 0 Å². The van der Waals surface area contributed by atoms with Gasteiger partial charge in [0.25, 0.3) is 0 Å². The maximum Gasteiger partial charge on any atom is 0.309 e. The van der Waals surface area contributed by atoms with Crippen LogP contribution in [0, 0.1) is 0 Å². The number of carbonyl (C=O) groups excluding carboxylic acids is 2. The molecule has 0 amide bonds. The molecule has 0 radical (unpaired) electrons. The number of esters is 1. The first-order chi connectivity index (χ1) is 8.10. The second-order valence-electron chi connectivity index (χ2n) is 3.79. The standard InChI is InChI=1S/C12H11ClO4/c1-16-12(15)6-8-5-10(14)9-4-7(13)2-3-11(9)17-8/h2-4,8H,5-6H2,1H3. The van der Waals surface area contributed by atoms with Gasteiger partial charge in [0, 0.05) is 11.4 Å². The van der Waals surface area contributed by atoms with Crippen LogP contribution in [0.1, 0.15) is 23.2 Å². The summed E-state index contributed by atoms with van der Waals surface area (Å²) in [6.07, 6.45) is -0.212. The summed E-state index contributed by atoms with van der Waals surface area (Å²) in [4.78, 5) is 22.9. The minimum Gasteiger partial charge on any atom is -0.489 e. The van der Waals surface area contributed by atoms with Crippen LogP contribution in [0.5, 0.6) is 5.75 Å². The summed E-state index contributed by atoms with van der Waals surface area (Å²) in [5, 5.41) is 0.493. The Balaban J connectivity index is 2.19. The molecule has 1 aromatic carbocycles. The number of hydrogen-bond donors (Lipinski definition) is 0. The van der Waals surface area contributed by atoms with Crippen LogP contribution in [-0.4, -0.2) is 25.0 Å². The molecule has 1 heterocycles. The number of carbonyl (C=O) groups is 2. The van der Waals surface area contributed by atoms with Crippen LogP contribution in [0.25, 0.3) is 0 Å². The lowest BCUT2D eigenvalue weighted by Crippen LogP contribution is -2.29. The lowest BCUT2D eigenvalue weighted by atomic mass is 9.99. The molecule has 1 unspecified atom stereocenters. The first-order valence-corrected chi connectivity index (χ1v) is 5.54. The van der Waals surface area contributed by atoms with Crippen LogP contribution in [0.15, 0.2) is 18.2 Å². The molecule has 1 aromatic rings. The van der Waals surface area contributed by atoms with Gasteiger partial charge in [0.1, 0.15) is 11.9 Å². The Labute approximate surface area is 103 Å². The molecule has 1 atom stereocenters. The van der Waals surface area contributed by atoms with Crippen molar-refractivity contribution >= 4 is 23.4 Å². The Kier molecular flexibility index (Phi) is 3.33. The third kappa shape index (κ3) is 2.58. The quantitative estimate of drug-likeness (QED) is 0.760. The molecular weight excluding hydrogens is 244 g/mol. The molecular formula is C12H11ClO4. The number of benzene rings is 1. The van der Waals surface area contributed by atoms with Crippen molar-refractivity contribution < 1.29 is 19.1 Å². The highest BCUT2D eigenvalue weighted by molar-refractivity contribution is 6.31. The zero-order valence-electron chi connectivity index (χ0n) is 9.23. The number of halogens is 1. The molecule has 0 aromatic heterocycles. The van der Waals surface area contributed by atoms with Crippen LogP contribution in [-0.2, 0) is 9.53 Å². The van der Waals surface area contributed by atoms with Gasteiger partial charge in [-0.1, -0.05) is 11.6 Å². The van der Waals surface area contributed by atoms with E-state index in [9.17, 15) is 9.59 Å². The summed E-state index contributed by atoms with van der Waals surface area (Å²) in [5.41, 5.74) is 0.471. The summed E-state index contributed by atoms with van der Waals surface area (Å²) in [5.74, 6) is 0.0161. The fourth-order valence-electron chi connectivity index (χ4n) is 1.74. The fraction of sp³-hybridized carbons (Fsp3) is 0.333. The molecule has 17 heavy (non-hydrogen) atoms. The predicted octanol–water partition coefficient (Wildman–Crippen LogP) is 2.24. The van der Waals surface area contributed by atoms with Gasteiger partial charge in [-0.25, -0.2) is 0 Å². The summed E-state index contributed by atoms with van der Waals surface area (Å²) < 4.78 is 10.1. The van der Waals surface area contributed by atoms with E-state index in [1.165, 1.54) is 7.11 Å². The van der Waals surface area contributed by atoms with Gasteiger partial charge in [-0.3, -0.25) is 9.59 Å². The summed E-state index contributed by atoms with van der Waals surface area (Å²) in [7, 11) is 1.31. The van der Waals surface area contributed by atoms with Crippen molar-refractivity contribution in [3.05, 3.63) is 28.8 Å². The normalized spacial score (nSPS) is 18.2. The predicted molar refractivity (Wildman–Crippen MR) is 61.4 cm³/mol. The van der Waals surface area contributed by atoms with Crippen molar-refractivity contribution in [3.63, 3.8) is 0 Å². The number of hydrogen-bond acceptors (Lipinski definition) is 4. The maximum absolute atomic E-state index is 11.8. The highest BCUT2D eigenvalue weighted by Crippen LogP contribution is 2.30. The zero-order valence-corrected chi connectivity index (χ0v) is 9.99. The van der Waals surface area contributed by atoms with Crippen molar-refractivity contribution in [2.24, 2.45) is 0 Å². The van der Waals surface area contributed by atoms with E-state index in [1.807, 2.05) is 0 Å². The topological polar surface area (TPSA) is 52.6 Å². The van der Waals surface area contributed by atoms with Crippen LogP contribution >= 0.6 is 11.6 Å². The molecule has 1 aliphatic heterocycles. The Hall–Kier alpha value is -1.55. The molecule has 0 saturated heterocycles. The number of ether oxygens (including phenoxy) is 2. The Bertz CT molecular complexity index is 470. The van der Waals surface area contributed by atoms with E-state index in [0.29, 0.717) is 16.3 Å². The van der Waals surface area contributed by atoms with Gasteiger partial charge >= 0.3 is 5.97 Å². The molecule has 0 bridgehead atoms. The van der Waals surface area contributed by atoms with E-state index in [0.717, 1.165) is 0 Å². The molecule has 0 fully saturated rings. The highest BCUT2D eigenvalue weighted by Gasteiger charge is 2.28. The lowest BCUT2D eigenvalue weighted by Gasteiger charge is -2.24. The van der Waals surface area contributed by atoms with Crippen molar-refractivity contribution in [1.82, 2.24) is 0 Å². The largest absolute Gasteiger partial charge is 0.489 e. The molecule has 1 aliphatic rings. The Morgan fingerprint density at radius 2 is 2.35 bits per heavy atom. The monoisotopic (exact) mass is 254 g/mol. The molecule has 4 nitrogen and oxygen atoms in total. The number of methoxy groups -OCH3 is 1. The minimum atomic E-state index is -0.455. The third-order valence-electron chi connectivity index (χ3n) is 2.57. The Morgan fingerprint density at radius 1 is 1.59 bits per heavy atom. The number of Topliss-reactive ketones (excluding diaryl/α,β-unsaturated/α-hetero) is 1. The average molecular weight is 255 g/mol. The second-order valence-corrected chi connectivity index (χ2v) is 4.22. The van der Waals surface area contributed by atoms with Gasteiger partial charge in [-0.2, -0.15) is 0 Å². The van der Waals surface area contributed by atoms with Gasteiger partial charge < -0.3 is 9.47 Å².